The Labute approximate surface area is 186 Å². The molecule has 4 aliphatic carbocycles. The van der Waals surface area contributed by atoms with Crippen LogP contribution in [0.1, 0.15) is 66.2 Å². The molecule has 0 radical (unpaired) electrons. The van der Waals surface area contributed by atoms with Gasteiger partial charge in [-0.15, -0.1) is 0 Å². The van der Waals surface area contributed by atoms with E-state index in [0.29, 0.717) is 31.2 Å². The summed E-state index contributed by atoms with van der Waals surface area (Å²) in [5, 5.41) is 24.1. The zero-order chi connectivity index (χ0) is 22.4. The Kier molecular flexibility index (Phi) is 6.23. The molecular formula is C26H39NO4. The molecule has 4 aliphatic rings. The number of amides is 1. The van der Waals surface area contributed by atoms with E-state index in [4.69, 9.17) is 4.74 Å². The summed E-state index contributed by atoms with van der Waals surface area (Å²) in [6, 6.07) is 0. The molecule has 0 aliphatic heterocycles. The number of hydrogen-bond donors (Lipinski definition) is 3. The molecule has 2 unspecified atom stereocenters. The van der Waals surface area contributed by atoms with Crippen molar-refractivity contribution >= 4 is 5.91 Å². The minimum absolute atomic E-state index is 0.0302. The lowest BCUT2D eigenvalue weighted by Crippen LogP contribution is -2.52. The zero-order valence-corrected chi connectivity index (χ0v) is 19.5. The standard InChI is InChI=1S/C26H39NO4/c1-5-12-27-24(30)15-31-16(2)20-8-9-21-19-7-6-17-13-18(28)14-23(29)26(17,4)22(19)10-11-25(20,21)3/h6-8,16,18,21-23,28-29H,5,9-15H2,1-4H3,(H,27,30)/t16-,18+,21?,22?,23-,25+,26-/m0/s1. The molecule has 2 fully saturated rings. The van der Waals surface area contributed by atoms with E-state index in [-0.39, 0.29) is 29.4 Å². The number of rotatable bonds is 6. The van der Waals surface area contributed by atoms with Gasteiger partial charge in [0.1, 0.15) is 6.61 Å². The summed E-state index contributed by atoms with van der Waals surface area (Å²) in [7, 11) is 0. The molecule has 5 heteroatoms. The highest BCUT2D eigenvalue weighted by Gasteiger charge is 2.57. The van der Waals surface area contributed by atoms with Gasteiger partial charge >= 0.3 is 0 Å². The van der Waals surface area contributed by atoms with Gasteiger partial charge < -0.3 is 20.3 Å². The fraction of sp³-hybridized carbons (Fsp3) is 0.731. The normalized spacial score (nSPS) is 40.0. The average Bonchev–Trinajstić information content (AvgIpc) is 3.09. The highest BCUT2D eigenvalue weighted by atomic mass is 16.5. The highest BCUT2D eigenvalue weighted by molar-refractivity contribution is 5.77. The molecular weight excluding hydrogens is 390 g/mol. The molecule has 31 heavy (non-hydrogen) atoms. The second-order valence-electron chi connectivity index (χ2n) is 10.5. The van der Waals surface area contributed by atoms with Crippen molar-refractivity contribution in [2.24, 2.45) is 22.7 Å². The quantitative estimate of drug-likeness (QED) is 0.563. The van der Waals surface area contributed by atoms with Gasteiger partial charge in [-0.1, -0.05) is 50.1 Å². The van der Waals surface area contributed by atoms with Crippen molar-refractivity contribution in [3.63, 3.8) is 0 Å². The number of carbonyl (C=O) groups excluding carboxylic acids is 1. The van der Waals surface area contributed by atoms with Crippen molar-refractivity contribution in [3.8, 4) is 0 Å². The molecule has 5 nitrogen and oxygen atoms in total. The Bertz CT molecular complexity index is 814. The number of nitrogens with one attached hydrogen (secondary N) is 1. The maximum absolute atomic E-state index is 12.0. The predicted molar refractivity (Wildman–Crippen MR) is 121 cm³/mol. The summed E-state index contributed by atoms with van der Waals surface area (Å²) < 4.78 is 5.99. The van der Waals surface area contributed by atoms with E-state index in [0.717, 1.165) is 25.7 Å². The minimum Gasteiger partial charge on any atom is -0.393 e. The fourth-order valence-corrected chi connectivity index (χ4v) is 6.90. The Hall–Kier alpha value is -1.43. The lowest BCUT2D eigenvalue weighted by Gasteiger charge is -2.56. The number of allylic oxidation sites excluding steroid dienone is 4. The molecule has 0 bridgehead atoms. The van der Waals surface area contributed by atoms with Gasteiger partial charge in [0.2, 0.25) is 5.91 Å². The van der Waals surface area contributed by atoms with E-state index < -0.39 is 12.2 Å². The van der Waals surface area contributed by atoms with E-state index in [1.807, 2.05) is 6.92 Å². The van der Waals surface area contributed by atoms with E-state index in [1.54, 1.807) is 0 Å². The van der Waals surface area contributed by atoms with Crippen LogP contribution in [0, 0.1) is 22.7 Å². The van der Waals surface area contributed by atoms with Crippen molar-refractivity contribution in [1.82, 2.24) is 5.32 Å². The van der Waals surface area contributed by atoms with E-state index >= 15 is 0 Å². The van der Waals surface area contributed by atoms with Gasteiger partial charge in [0.25, 0.3) is 0 Å². The molecule has 4 rings (SSSR count). The maximum atomic E-state index is 12.0. The lowest BCUT2D eigenvalue weighted by molar-refractivity contribution is -0.127. The largest absolute Gasteiger partial charge is 0.393 e. The third-order valence-corrected chi connectivity index (χ3v) is 8.77. The second-order valence-corrected chi connectivity index (χ2v) is 10.5. The molecule has 7 atom stereocenters. The lowest BCUT2D eigenvalue weighted by atomic mass is 9.49. The van der Waals surface area contributed by atoms with E-state index in [9.17, 15) is 15.0 Å². The number of hydrogen-bond acceptors (Lipinski definition) is 4. The van der Waals surface area contributed by atoms with Crippen LogP contribution in [0.5, 0.6) is 0 Å². The number of fused-ring (bicyclic) bond motifs is 5. The van der Waals surface area contributed by atoms with Crippen LogP contribution in [-0.4, -0.2) is 47.6 Å². The molecule has 3 N–H and O–H groups in total. The average molecular weight is 430 g/mol. The summed E-state index contributed by atoms with van der Waals surface area (Å²) >= 11 is 0. The molecule has 1 amide bonds. The monoisotopic (exact) mass is 429 g/mol. The van der Waals surface area contributed by atoms with Gasteiger partial charge in [-0.3, -0.25) is 4.79 Å². The molecule has 0 aromatic rings. The van der Waals surface area contributed by atoms with Crippen LogP contribution in [0.15, 0.2) is 34.9 Å². The van der Waals surface area contributed by atoms with E-state index in [2.05, 4.69) is 44.3 Å². The van der Waals surface area contributed by atoms with Crippen molar-refractivity contribution in [1.29, 1.82) is 0 Å². The Morgan fingerprint density at radius 3 is 2.81 bits per heavy atom. The predicted octanol–water partition coefficient (Wildman–Crippen LogP) is 3.67. The van der Waals surface area contributed by atoms with Crippen LogP contribution in [0.2, 0.25) is 0 Å². The number of ether oxygens (including phenoxy) is 1. The maximum Gasteiger partial charge on any atom is 0.246 e. The van der Waals surface area contributed by atoms with Gasteiger partial charge in [-0.2, -0.15) is 0 Å². The fourth-order valence-electron chi connectivity index (χ4n) is 6.90. The third-order valence-electron chi connectivity index (χ3n) is 8.77. The van der Waals surface area contributed by atoms with Crippen LogP contribution in [-0.2, 0) is 9.53 Å². The van der Waals surface area contributed by atoms with Crippen molar-refractivity contribution in [2.45, 2.75) is 84.5 Å². The molecule has 2 saturated carbocycles. The third kappa shape index (κ3) is 3.73. The molecule has 172 valence electrons. The molecule has 0 heterocycles. The Balaban J connectivity index is 1.51. The number of aliphatic hydroxyl groups excluding tert-OH is 2. The van der Waals surface area contributed by atoms with Crippen LogP contribution < -0.4 is 5.32 Å². The first-order valence-electron chi connectivity index (χ1n) is 12.1. The van der Waals surface area contributed by atoms with Crippen molar-refractivity contribution < 1.29 is 19.7 Å². The first-order chi connectivity index (χ1) is 14.7. The topological polar surface area (TPSA) is 78.8 Å². The summed E-state index contributed by atoms with van der Waals surface area (Å²) in [5.74, 6) is 0.693. The Morgan fingerprint density at radius 1 is 1.29 bits per heavy atom. The van der Waals surface area contributed by atoms with Gasteiger partial charge in [-0.25, -0.2) is 0 Å². The second kappa shape index (κ2) is 8.49. The molecule has 0 aromatic carbocycles. The van der Waals surface area contributed by atoms with Crippen LogP contribution in [0.4, 0.5) is 0 Å². The van der Waals surface area contributed by atoms with Gasteiger partial charge in [-0.05, 0) is 61.9 Å². The molecule has 0 saturated heterocycles. The van der Waals surface area contributed by atoms with Crippen molar-refractivity contribution in [2.75, 3.05) is 13.2 Å². The molecule has 0 aromatic heterocycles. The highest BCUT2D eigenvalue weighted by Crippen LogP contribution is 2.64. The first-order valence-corrected chi connectivity index (χ1v) is 12.1. The van der Waals surface area contributed by atoms with E-state index in [1.165, 1.54) is 16.7 Å². The summed E-state index contributed by atoms with van der Waals surface area (Å²) in [5.41, 5.74) is 3.74. The van der Waals surface area contributed by atoms with Crippen LogP contribution in [0.3, 0.4) is 0 Å². The smallest absolute Gasteiger partial charge is 0.246 e. The summed E-state index contributed by atoms with van der Waals surface area (Å²) in [6.07, 6.45) is 10.9. The van der Waals surface area contributed by atoms with Crippen molar-refractivity contribution in [3.05, 3.63) is 34.9 Å². The van der Waals surface area contributed by atoms with Gasteiger partial charge in [0.05, 0.1) is 18.3 Å². The first kappa shape index (κ1) is 22.8. The van der Waals surface area contributed by atoms with Gasteiger partial charge in [0.15, 0.2) is 0 Å². The number of carbonyl (C=O) groups is 1. The van der Waals surface area contributed by atoms with Crippen LogP contribution >= 0.6 is 0 Å². The number of aliphatic hydroxyl groups is 2. The SMILES string of the molecule is CCCNC(=O)CO[C@@H](C)C1=CCC2C3=CC=C4C[C@@H](O)C[C@H](O)[C@]4(C)C3CC[C@]12C. The zero-order valence-electron chi connectivity index (χ0n) is 19.5. The molecule has 0 spiro atoms. The Morgan fingerprint density at radius 2 is 2.06 bits per heavy atom. The van der Waals surface area contributed by atoms with Gasteiger partial charge in [0, 0.05) is 18.4 Å². The summed E-state index contributed by atoms with van der Waals surface area (Å²) in [4.78, 5) is 12.0. The van der Waals surface area contributed by atoms with Crippen LogP contribution in [0.25, 0.3) is 0 Å². The minimum atomic E-state index is -0.502. The summed E-state index contributed by atoms with van der Waals surface area (Å²) in [6.45, 7) is 9.46.